The molecule has 13 heteroatoms. The van der Waals surface area contributed by atoms with Gasteiger partial charge in [-0.25, -0.2) is 15.0 Å². The summed E-state index contributed by atoms with van der Waals surface area (Å²) in [5.41, 5.74) is -0.140. The largest absolute Gasteiger partial charge is 0.443 e. The molecule has 3 heterocycles. The van der Waals surface area contributed by atoms with Crippen LogP contribution in [0.15, 0.2) is 36.0 Å². The van der Waals surface area contributed by atoms with Crippen LogP contribution in [-0.4, -0.2) is 32.3 Å². The van der Waals surface area contributed by atoms with E-state index in [1.54, 1.807) is 0 Å². The zero-order valence-corrected chi connectivity index (χ0v) is 16.7. The maximum Gasteiger partial charge on any atom is 0.443 e. The molecule has 0 N–H and O–H groups in total. The van der Waals surface area contributed by atoms with Gasteiger partial charge < -0.3 is 9.64 Å². The van der Waals surface area contributed by atoms with E-state index in [2.05, 4.69) is 15.0 Å². The van der Waals surface area contributed by atoms with Crippen molar-refractivity contribution in [3.63, 3.8) is 0 Å². The van der Waals surface area contributed by atoms with E-state index in [1.807, 2.05) is 0 Å². The molecule has 0 saturated carbocycles. The molecule has 1 aliphatic heterocycles. The van der Waals surface area contributed by atoms with Gasteiger partial charge in [-0.05, 0) is 30.7 Å². The van der Waals surface area contributed by atoms with Gasteiger partial charge in [0, 0.05) is 17.5 Å². The van der Waals surface area contributed by atoms with E-state index in [0.717, 1.165) is 29.6 Å². The van der Waals surface area contributed by atoms with Crippen molar-refractivity contribution < 1.29 is 35.9 Å². The highest BCUT2D eigenvalue weighted by Gasteiger charge is 2.36. The molecule has 6 nitrogen and oxygen atoms in total. The molecule has 1 aliphatic rings. The second kappa shape index (κ2) is 8.04. The van der Waals surface area contributed by atoms with Crippen LogP contribution in [0.3, 0.4) is 0 Å². The van der Waals surface area contributed by atoms with Gasteiger partial charge in [0.25, 0.3) is 5.91 Å². The molecule has 4 rings (SSSR count). The zero-order valence-electron chi connectivity index (χ0n) is 15.9. The Hall–Kier alpha value is -3.22. The first-order chi connectivity index (χ1) is 15.0. The van der Waals surface area contributed by atoms with Crippen LogP contribution < -0.4 is 4.74 Å². The fraction of sp³-hybridized carbons (Fsp3) is 0.263. The molecule has 0 fully saturated rings. The van der Waals surface area contributed by atoms with Gasteiger partial charge in [0.1, 0.15) is 17.8 Å². The van der Waals surface area contributed by atoms with Gasteiger partial charge in [-0.15, -0.1) is 11.3 Å². The summed E-state index contributed by atoms with van der Waals surface area (Å²) in [7, 11) is 0. The van der Waals surface area contributed by atoms with Gasteiger partial charge in [0.05, 0.1) is 17.8 Å². The lowest BCUT2D eigenvalue weighted by Gasteiger charge is -2.28. The minimum absolute atomic E-state index is 0.00106. The summed E-state index contributed by atoms with van der Waals surface area (Å²) in [5.74, 6) is -0.388. The lowest BCUT2D eigenvalue weighted by Crippen LogP contribution is -2.37. The van der Waals surface area contributed by atoms with Crippen molar-refractivity contribution in [3.05, 3.63) is 63.5 Å². The van der Waals surface area contributed by atoms with Crippen LogP contribution in [-0.2, 0) is 25.3 Å². The third-order valence-corrected chi connectivity index (χ3v) is 5.50. The van der Waals surface area contributed by atoms with Crippen molar-refractivity contribution in [1.29, 1.82) is 0 Å². The van der Waals surface area contributed by atoms with Crippen LogP contribution in [0.2, 0.25) is 0 Å². The number of nitrogens with zero attached hydrogens (tertiary/aromatic N) is 4. The molecule has 0 unspecified atom stereocenters. The predicted octanol–water partition coefficient (Wildman–Crippen LogP) is 4.96. The number of fused-ring (bicyclic) bond motifs is 1. The number of alkyl halides is 6. The van der Waals surface area contributed by atoms with Gasteiger partial charge in [-0.2, -0.15) is 26.3 Å². The van der Waals surface area contributed by atoms with E-state index in [9.17, 15) is 31.1 Å². The standard InChI is InChI=1S/C19H12F6N4O2S/c20-18(21,22)10-1-3-11(4-2-10)31-15-12-5-6-29(7-13(12)26-9-27-15)16(30)14-8-32-17(28-14)19(23,24)25/h1-4,8-9H,5-7H2. The van der Waals surface area contributed by atoms with Crippen LogP contribution in [0.1, 0.15) is 32.3 Å². The molecular formula is C19H12F6N4O2S. The number of ether oxygens (including phenoxy) is 1. The quantitative estimate of drug-likeness (QED) is 0.502. The molecule has 0 spiro atoms. The molecule has 0 aliphatic carbocycles. The van der Waals surface area contributed by atoms with E-state index in [-0.39, 0.29) is 36.8 Å². The van der Waals surface area contributed by atoms with Crippen LogP contribution in [0.4, 0.5) is 26.3 Å². The maximum atomic E-state index is 12.7. The minimum Gasteiger partial charge on any atom is -0.439 e. The van der Waals surface area contributed by atoms with Crippen LogP contribution in [0.25, 0.3) is 0 Å². The smallest absolute Gasteiger partial charge is 0.439 e. The highest BCUT2D eigenvalue weighted by atomic mass is 32.1. The van der Waals surface area contributed by atoms with Gasteiger partial charge >= 0.3 is 12.4 Å². The summed E-state index contributed by atoms with van der Waals surface area (Å²) in [6, 6.07) is 4.09. The number of carbonyl (C=O) groups is 1. The van der Waals surface area contributed by atoms with Crippen molar-refractivity contribution in [2.75, 3.05) is 6.54 Å². The van der Waals surface area contributed by atoms with Crippen LogP contribution >= 0.6 is 11.3 Å². The Morgan fingerprint density at radius 2 is 1.75 bits per heavy atom. The number of carbonyl (C=O) groups excluding carboxylic acids is 1. The SMILES string of the molecule is O=C(c1csc(C(F)(F)F)n1)N1CCc2c(ncnc2Oc2ccc(C(F)(F)F)cc2)C1. The molecule has 1 amide bonds. The molecule has 0 radical (unpaired) electrons. The molecule has 2 aromatic heterocycles. The van der Waals surface area contributed by atoms with Crippen LogP contribution in [0.5, 0.6) is 11.6 Å². The number of rotatable bonds is 3. The number of thiazole rings is 1. The second-order valence-electron chi connectivity index (χ2n) is 6.74. The summed E-state index contributed by atoms with van der Waals surface area (Å²) < 4.78 is 81.9. The number of amides is 1. The Morgan fingerprint density at radius 1 is 1.03 bits per heavy atom. The topological polar surface area (TPSA) is 68.2 Å². The van der Waals surface area contributed by atoms with Crippen molar-refractivity contribution in [3.8, 4) is 11.6 Å². The number of halogens is 6. The lowest BCUT2D eigenvalue weighted by molar-refractivity contribution is -0.138. The number of aromatic nitrogens is 3. The monoisotopic (exact) mass is 474 g/mol. The first-order valence-corrected chi connectivity index (χ1v) is 9.90. The van der Waals surface area contributed by atoms with Gasteiger partial charge in [0.2, 0.25) is 5.88 Å². The molecule has 1 aromatic carbocycles. The van der Waals surface area contributed by atoms with Crippen molar-refractivity contribution in [1.82, 2.24) is 19.9 Å². The molecule has 168 valence electrons. The van der Waals surface area contributed by atoms with Crippen LogP contribution in [0, 0.1) is 0 Å². The van der Waals surface area contributed by atoms with E-state index in [4.69, 9.17) is 4.74 Å². The Bertz CT molecular complexity index is 1140. The van der Waals surface area contributed by atoms with Gasteiger partial charge in [0.15, 0.2) is 5.01 Å². The number of hydrogen-bond donors (Lipinski definition) is 0. The highest BCUT2D eigenvalue weighted by molar-refractivity contribution is 7.09. The van der Waals surface area contributed by atoms with E-state index >= 15 is 0 Å². The summed E-state index contributed by atoms with van der Waals surface area (Å²) in [6.45, 7) is 0.153. The Morgan fingerprint density at radius 3 is 2.38 bits per heavy atom. The second-order valence-corrected chi connectivity index (χ2v) is 7.60. The number of hydrogen-bond acceptors (Lipinski definition) is 6. The zero-order chi connectivity index (χ0) is 23.1. The molecule has 3 aromatic rings. The molecule has 0 bridgehead atoms. The normalized spacial score (nSPS) is 14.2. The maximum absolute atomic E-state index is 12.7. The Labute approximate surface area is 180 Å². The molecule has 0 atom stereocenters. The third-order valence-electron chi connectivity index (χ3n) is 4.62. The summed E-state index contributed by atoms with van der Waals surface area (Å²) in [4.78, 5) is 25.4. The van der Waals surface area contributed by atoms with Crippen molar-refractivity contribution in [2.45, 2.75) is 25.3 Å². The van der Waals surface area contributed by atoms with E-state index in [1.165, 1.54) is 11.2 Å². The fourth-order valence-corrected chi connectivity index (χ4v) is 3.73. The number of benzene rings is 1. The molecule has 32 heavy (non-hydrogen) atoms. The van der Waals surface area contributed by atoms with E-state index < -0.39 is 28.8 Å². The molecule has 0 saturated heterocycles. The minimum atomic E-state index is -4.63. The summed E-state index contributed by atoms with van der Waals surface area (Å²) in [6.07, 6.45) is -7.68. The fourth-order valence-electron chi connectivity index (χ4n) is 3.07. The van der Waals surface area contributed by atoms with Gasteiger partial charge in [-0.1, -0.05) is 0 Å². The van der Waals surface area contributed by atoms with Gasteiger partial charge in [-0.3, -0.25) is 4.79 Å². The van der Waals surface area contributed by atoms with Crippen molar-refractivity contribution in [2.24, 2.45) is 0 Å². The average Bonchev–Trinajstić information content (AvgIpc) is 3.24. The van der Waals surface area contributed by atoms with E-state index in [0.29, 0.717) is 22.6 Å². The Kier molecular flexibility index (Phi) is 5.53. The first kappa shape index (κ1) is 22.0. The summed E-state index contributed by atoms with van der Waals surface area (Å²) >= 11 is 0.341. The lowest BCUT2D eigenvalue weighted by atomic mass is 10.1. The average molecular weight is 474 g/mol. The summed E-state index contributed by atoms with van der Waals surface area (Å²) in [5, 5.41) is -0.0485. The predicted molar refractivity (Wildman–Crippen MR) is 99.1 cm³/mol. The Balaban J connectivity index is 1.50. The van der Waals surface area contributed by atoms with Crippen molar-refractivity contribution >= 4 is 17.2 Å². The molecular weight excluding hydrogens is 462 g/mol. The third kappa shape index (κ3) is 4.52. The first-order valence-electron chi connectivity index (χ1n) is 9.02. The highest BCUT2D eigenvalue weighted by Crippen LogP contribution is 2.34.